The summed E-state index contributed by atoms with van der Waals surface area (Å²) < 4.78 is 4.68. The molecule has 50 heavy (non-hydrogen) atoms. The van der Waals surface area contributed by atoms with Crippen molar-refractivity contribution in [2.75, 3.05) is 0 Å². The monoisotopic (exact) mass is 637 g/mol. The van der Waals surface area contributed by atoms with Crippen LogP contribution in [-0.2, 0) is 0 Å². The minimum Gasteiger partial charge on any atom is -0.309 e. The summed E-state index contributed by atoms with van der Waals surface area (Å²) in [5.74, 6) is 0.902. The number of para-hydroxylation sites is 3. The van der Waals surface area contributed by atoms with Crippen LogP contribution in [0, 0.1) is 0 Å². The quantitative estimate of drug-likeness (QED) is 0.184. The molecule has 3 heteroatoms. The second-order valence-corrected chi connectivity index (χ2v) is 12.8. The highest BCUT2D eigenvalue weighted by Crippen LogP contribution is 2.37. The zero-order chi connectivity index (χ0) is 33.0. The van der Waals surface area contributed by atoms with Crippen LogP contribution in [0.3, 0.4) is 0 Å². The maximum absolute atomic E-state index is 5.25. The summed E-state index contributed by atoms with van der Waals surface area (Å²) in [4.78, 5) is 5.25. The van der Waals surface area contributed by atoms with Gasteiger partial charge < -0.3 is 4.57 Å². The second-order valence-electron chi connectivity index (χ2n) is 12.8. The molecule has 7 aromatic carbocycles. The molecule has 0 N–H and O–H groups in total. The lowest BCUT2D eigenvalue weighted by Crippen LogP contribution is -1.99. The Balaban J connectivity index is 1.04. The van der Waals surface area contributed by atoms with Crippen LogP contribution in [-0.4, -0.2) is 14.1 Å². The van der Waals surface area contributed by atoms with Crippen molar-refractivity contribution in [3.05, 3.63) is 188 Å². The van der Waals surface area contributed by atoms with Gasteiger partial charge in [0.25, 0.3) is 0 Å². The van der Waals surface area contributed by atoms with E-state index >= 15 is 0 Å². The predicted molar refractivity (Wildman–Crippen MR) is 209 cm³/mol. The van der Waals surface area contributed by atoms with Gasteiger partial charge in [-0.2, -0.15) is 0 Å². The molecule has 0 atom stereocenters. The van der Waals surface area contributed by atoms with Crippen molar-refractivity contribution in [1.82, 2.24) is 14.1 Å². The van der Waals surface area contributed by atoms with Crippen molar-refractivity contribution in [3.8, 4) is 45.0 Å². The molecule has 0 bridgehead atoms. The lowest BCUT2D eigenvalue weighted by Gasteiger charge is -2.11. The van der Waals surface area contributed by atoms with Crippen molar-refractivity contribution in [3.63, 3.8) is 0 Å². The molecular formula is C47H31N3. The van der Waals surface area contributed by atoms with Crippen LogP contribution in [0.25, 0.3) is 88.6 Å². The third kappa shape index (κ3) is 4.56. The number of aromatic nitrogens is 3. The highest BCUT2D eigenvalue weighted by molar-refractivity contribution is 6.12. The summed E-state index contributed by atoms with van der Waals surface area (Å²) in [5.41, 5.74) is 12.7. The van der Waals surface area contributed by atoms with Gasteiger partial charge in [-0.1, -0.05) is 140 Å². The Hall–Kier alpha value is -6.71. The van der Waals surface area contributed by atoms with Gasteiger partial charge in [-0.05, 0) is 70.8 Å². The Labute approximate surface area is 290 Å². The maximum atomic E-state index is 5.25. The topological polar surface area (TPSA) is 22.8 Å². The molecule has 0 fully saturated rings. The molecule has 0 saturated heterocycles. The fourth-order valence-corrected chi connectivity index (χ4v) is 7.58. The molecule has 0 saturated carbocycles. The maximum Gasteiger partial charge on any atom is 0.138 e. The zero-order valence-corrected chi connectivity index (χ0v) is 27.2. The van der Waals surface area contributed by atoms with E-state index in [-0.39, 0.29) is 0 Å². The van der Waals surface area contributed by atoms with E-state index in [1.165, 1.54) is 54.8 Å². The Morgan fingerprint density at radius 1 is 0.300 bits per heavy atom. The summed E-state index contributed by atoms with van der Waals surface area (Å²) >= 11 is 0. The number of hydrogen-bond donors (Lipinski definition) is 0. The van der Waals surface area contributed by atoms with Gasteiger partial charge in [0.05, 0.1) is 27.8 Å². The Kier molecular flexibility index (Phi) is 6.49. The van der Waals surface area contributed by atoms with Gasteiger partial charge in [0.1, 0.15) is 5.82 Å². The molecule has 0 radical (unpaired) electrons. The van der Waals surface area contributed by atoms with Gasteiger partial charge in [-0.3, -0.25) is 4.57 Å². The van der Waals surface area contributed by atoms with Gasteiger partial charge in [0.15, 0.2) is 0 Å². The van der Waals surface area contributed by atoms with Gasteiger partial charge in [-0.15, -0.1) is 0 Å². The average Bonchev–Trinajstić information content (AvgIpc) is 3.71. The number of nitrogens with zero attached hydrogens (tertiary/aromatic N) is 3. The van der Waals surface area contributed by atoms with Crippen molar-refractivity contribution >= 4 is 43.6 Å². The highest BCUT2D eigenvalue weighted by Gasteiger charge is 2.17. The van der Waals surface area contributed by atoms with Crippen LogP contribution >= 0.6 is 0 Å². The number of rotatable bonds is 5. The standard InChI is InChI=1S/C47H31N3/c1-2-11-32(12-3-1)33-21-23-34(24-22-33)35-25-27-36(28-26-35)42-16-10-20-47(48-42)50-45-19-9-6-15-40(45)41-31-37(29-30-46(41)50)49-43-17-7-4-13-38(43)39-14-5-8-18-44(39)49/h1-31H. The van der Waals surface area contributed by atoms with E-state index < -0.39 is 0 Å². The molecule has 3 heterocycles. The van der Waals surface area contributed by atoms with Gasteiger partial charge in [0.2, 0.25) is 0 Å². The number of benzene rings is 7. The molecule has 0 aliphatic rings. The molecule has 0 amide bonds. The van der Waals surface area contributed by atoms with Crippen molar-refractivity contribution in [1.29, 1.82) is 0 Å². The molecular weight excluding hydrogens is 607 g/mol. The lowest BCUT2D eigenvalue weighted by molar-refractivity contribution is 1.08. The van der Waals surface area contributed by atoms with Crippen molar-refractivity contribution in [2.45, 2.75) is 0 Å². The lowest BCUT2D eigenvalue weighted by atomic mass is 9.99. The molecule has 10 aromatic rings. The first-order valence-corrected chi connectivity index (χ1v) is 17.1. The van der Waals surface area contributed by atoms with Crippen molar-refractivity contribution < 1.29 is 0 Å². The fraction of sp³-hybridized carbons (Fsp3) is 0. The van der Waals surface area contributed by atoms with E-state index in [9.17, 15) is 0 Å². The third-order valence-corrected chi connectivity index (χ3v) is 9.96. The van der Waals surface area contributed by atoms with E-state index in [2.05, 4.69) is 197 Å². The Morgan fingerprint density at radius 2 is 0.760 bits per heavy atom. The van der Waals surface area contributed by atoms with Gasteiger partial charge >= 0.3 is 0 Å². The summed E-state index contributed by atoms with van der Waals surface area (Å²) in [5, 5.41) is 4.94. The van der Waals surface area contributed by atoms with Crippen LogP contribution in [0.15, 0.2) is 188 Å². The number of fused-ring (bicyclic) bond motifs is 6. The molecule has 234 valence electrons. The Morgan fingerprint density at radius 3 is 1.36 bits per heavy atom. The van der Waals surface area contributed by atoms with Gasteiger partial charge in [0, 0.05) is 32.8 Å². The van der Waals surface area contributed by atoms with Crippen molar-refractivity contribution in [2.24, 2.45) is 0 Å². The molecule has 0 aliphatic carbocycles. The molecule has 0 unspecified atom stereocenters. The van der Waals surface area contributed by atoms with E-state index in [0.29, 0.717) is 0 Å². The zero-order valence-electron chi connectivity index (χ0n) is 27.2. The minimum atomic E-state index is 0.902. The normalized spacial score (nSPS) is 11.6. The number of hydrogen-bond acceptors (Lipinski definition) is 1. The molecule has 3 nitrogen and oxygen atoms in total. The first-order chi connectivity index (χ1) is 24.8. The second kappa shape index (κ2) is 11.5. The van der Waals surface area contributed by atoms with E-state index in [4.69, 9.17) is 4.98 Å². The SMILES string of the molecule is c1ccc(-c2ccc(-c3ccc(-c4cccc(-n5c6ccccc6c6cc(-n7c8ccccc8c8ccccc87)ccc65)n4)cc3)cc2)cc1. The van der Waals surface area contributed by atoms with Crippen LogP contribution in [0.2, 0.25) is 0 Å². The highest BCUT2D eigenvalue weighted by atomic mass is 15.1. The summed E-state index contributed by atoms with van der Waals surface area (Å²) in [6, 6.07) is 67.2. The summed E-state index contributed by atoms with van der Waals surface area (Å²) in [6.45, 7) is 0. The largest absolute Gasteiger partial charge is 0.309 e. The molecule has 3 aromatic heterocycles. The smallest absolute Gasteiger partial charge is 0.138 e. The first-order valence-electron chi connectivity index (χ1n) is 17.1. The van der Waals surface area contributed by atoms with Crippen LogP contribution in [0.4, 0.5) is 0 Å². The molecule has 0 aliphatic heterocycles. The minimum absolute atomic E-state index is 0.902. The third-order valence-electron chi connectivity index (χ3n) is 9.96. The fourth-order valence-electron chi connectivity index (χ4n) is 7.58. The number of pyridine rings is 1. The van der Waals surface area contributed by atoms with Crippen LogP contribution in [0.1, 0.15) is 0 Å². The van der Waals surface area contributed by atoms with Crippen LogP contribution < -0.4 is 0 Å². The Bertz CT molecular complexity index is 2790. The van der Waals surface area contributed by atoms with E-state index in [0.717, 1.165) is 33.8 Å². The predicted octanol–water partition coefficient (Wildman–Crippen LogP) is 12.3. The summed E-state index contributed by atoms with van der Waals surface area (Å²) in [6.07, 6.45) is 0. The summed E-state index contributed by atoms with van der Waals surface area (Å²) in [7, 11) is 0. The van der Waals surface area contributed by atoms with E-state index in [1.807, 2.05) is 0 Å². The van der Waals surface area contributed by atoms with Crippen LogP contribution in [0.5, 0.6) is 0 Å². The average molecular weight is 638 g/mol. The first kappa shape index (κ1) is 28.3. The van der Waals surface area contributed by atoms with Gasteiger partial charge in [-0.25, -0.2) is 4.98 Å². The van der Waals surface area contributed by atoms with E-state index in [1.54, 1.807) is 0 Å². The molecule has 0 spiro atoms. The molecule has 10 rings (SSSR count).